The maximum atomic E-state index is 13.0. The van der Waals surface area contributed by atoms with Crippen LogP contribution >= 0.6 is 0 Å². The number of rotatable bonds is 5. The Morgan fingerprint density at radius 3 is 2.25 bits per heavy atom. The quantitative estimate of drug-likeness (QED) is 0.914. The van der Waals surface area contributed by atoms with Crippen LogP contribution in [0.25, 0.3) is 0 Å². The molecular formula is C15H12F2O3. The maximum Gasteiger partial charge on any atom is 0.345 e. The molecular weight excluding hydrogens is 266 g/mol. The molecule has 2 aromatic rings. The summed E-state index contributed by atoms with van der Waals surface area (Å²) in [5, 5.41) is 9.12. The minimum Gasteiger partial charge on any atom is -0.478 e. The lowest BCUT2D eigenvalue weighted by atomic mass is 10.1. The average molecular weight is 278 g/mol. The third-order valence-corrected chi connectivity index (χ3v) is 2.65. The van der Waals surface area contributed by atoms with Crippen molar-refractivity contribution < 1.29 is 23.4 Å². The Kier molecular flexibility index (Phi) is 4.30. The van der Waals surface area contributed by atoms with Gasteiger partial charge in [-0.25, -0.2) is 13.6 Å². The van der Waals surface area contributed by atoms with Crippen molar-refractivity contribution in [2.75, 3.05) is 0 Å². The van der Waals surface area contributed by atoms with Crippen LogP contribution in [0.4, 0.5) is 8.78 Å². The Balaban J connectivity index is 2.15. The summed E-state index contributed by atoms with van der Waals surface area (Å²) in [7, 11) is 0. The third kappa shape index (κ3) is 3.78. The molecule has 20 heavy (non-hydrogen) atoms. The maximum absolute atomic E-state index is 13.0. The number of carbonyl (C=O) groups is 1. The van der Waals surface area contributed by atoms with Crippen molar-refractivity contribution in [1.29, 1.82) is 0 Å². The van der Waals surface area contributed by atoms with E-state index in [1.54, 1.807) is 24.3 Å². The molecule has 5 heteroatoms. The fourth-order valence-corrected chi connectivity index (χ4v) is 1.77. The van der Waals surface area contributed by atoms with E-state index in [0.29, 0.717) is 6.07 Å². The molecule has 0 saturated heterocycles. The van der Waals surface area contributed by atoms with Gasteiger partial charge in [0.1, 0.15) is 17.4 Å². The van der Waals surface area contributed by atoms with Crippen LogP contribution < -0.4 is 4.74 Å². The predicted octanol–water partition coefficient (Wildman–Crippen LogP) is 3.04. The molecule has 0 saturated carbocycles. The molecule has 0 heterocycles. The minimum atomic E-state index is -1.21. The number of ether oxygens (including phenoxy) is 1. The van der Waals surface area contributed by atoms with Crippen LogP contribution in [-0.4, -0.2) is 17.2 Å². The van der Waals surface area contributed by atoms with E-state index in [1.165, 1.54) is 0 Å². The van der Waals surface area contributed by atoms with Gasteiger partial charge in [-0.1, -0.05) is 30.3 Å². The Bertz CT molecular complexity index is 579. The van der Waals surface area contributed by atoms with Gasteiger partial charge in [-0.3, -0.25) is 0 Å². The summed E-state index contributed by atoms with van der Waals surface area (Å²) in [5.41, 5.74) is 0.761. The van der Waals surface area contributed by atoms with Gasteiger partial charge >= 0.3 is 5.97 Å². The van der Waals surface area contributed by atoms with E-state index < -0.39 is 23.7 Å². The lowest BCUT2D eigenvalue weighted by Crippen LogP contribution is -2.29. The summed E-state index contributed by atoms with van der Waals surface area (Å²) >= 11 is 0. The molecule has 1 N–H and O–H groups in total. The molecule has 3 nitrogen and oxygen atoms in total. The topological polar surface area (TPSA) is 46.5 Å². The first-order valence-electron chi connectivity index (χ1n) is 5.94. The van der Waals surface area contributed by atoms with Crippen LogP contribution in [0.1, 0.15) is 5.56 Å². The van der Waals surface area contributed by atoms with E-state index >= 15 is 0 Å². The zero-order valence-electron chi connectivity index (χ0n) is 10.4. The van der Waals surface area contributed by atoms with Crippen molar-refractivity contribution in [3.05, 3.63) is 65.7 Å². The van der Waals surface area contributed by atoms with E-state index in [2.05, 4.69) is 0 Å². The summed E-state index contributed by atoms with van der Waals surface area (Å²) < 4.78 is 31.2. The van der Waals surface area contributed by atoms with Gasteiger partial charge in [0.25, 0.3) is 0 Å². The fraction of sp³-hybridized carbons (Fsp3) is 0.133. The van der Waals surface area contributed by atoms with Crippen LogP contribution in [0.2, 0.25) is 0 Å². The number of aliphatic carboxylic acids is 1. The number of carboxylic acids is 1. The summed E-state index contributed by atoms with van der Waals surface area (Å²) in [6, 6.07) is 11.5. The third-order valence-electron chi connectivity index (χ3n) is 2.65. The number of hydrogen-bond donors (Lipinski definition) is 1. The highest BCUT2D eigenvalue weighted by Crippen LogP contribution is 2.18. The van der Waals surface area contributed by atoms with Gasteiger partial charge in [0.15, 0.2) is 6.10 Å². The highest BCUT2D eigenvalue weighted by molar-refractivity contribution is 5.73. The number of halogens is 2. The first kappa shape index (κ1) is 14.0. The first-order valence-corrected chi connectivity index (χ1v) is 5.94. The van der Waals surface area contributed by atoms with Crippen molar-refractivity contribution in [3.63, 3.8) is 0 Å². The van der Waals surface area contributed by atoms with Crippen LogP contribution in [0.5, 0.6) is 5.75 Å². The predicted molar refractivity (Wildman–Crippen MR) is 68.6 cm³/mol. The highest BCUT2D eigenvalue weighted by atomic mass is 19.1. The lowest BCUT2D eigenvalue weighted by Gasteiger charge is -2.15. The second-order valence-corrected chi connectivity index (χ2v) is 4.24. The van der Waals surface area contributed by atoms with Gasteiger partial charge in [0.05, 0.1) is 0 Å². The number of carboxylic acid groups (broad SMARTS) is 1. The molecule has 104 valence electrons. The molecule has 0 amide bonds. The second-order valence-electron chi connectivity index (χ2n) is 4.24. The van der Waals surface area contributed by atoms with Crippen molar-refractivity contribution in [2.45, 2.75) is 12.5 Å². The highest BCUT2D eigenvalue weighted by Gasteiger charge is 2.20. The molecule has 0 bridgehead atoms. The molecule has 0 aliphatic rings. The normalized spacial score (nSPS) is 11.9. The largest absolute Gasteiger partial charge is 0.478 e. The Labute approximate surface area is 114 Å². The van der Waals surface area contributed by atoms with E-state index in [0.717, 1.165) is 17.7 Å². The minimum absolute atomic E-state index is 0.105. The van der Waals surface area contributed by atoms with Crippen molar-refractivity contribution in [1.82, 2.24) is 0 Å². The average Bonchev–Trinajstić information content (AvgIpc) is 2.38. The molecule has 0 fully saturated rings. The molecule has 0 spiro atoms. The molecule has 2 rings (SSSR count). The van der Waals surface area contributed by atoms with Crippen LogP contribution in [0, 0.1) is 11.6 Å². The van der Waals surface area contributed by atoms with E-state index in [4.69, 9.17) is 9.84 Å². The van der Waals surface area contributed by atoms with Gasteiger partial charge in [-0.2, -0.15) is 0 Å². The van der Waals surface area contributed by atoms with Crippen molar-refractivity contribution in [2.24, 2.45) is 0 Å². The monoisotopic (exact) mass is 278 g/mol. The second kappa shape index (κ2) is 6.14. The number of benzene rings is 2. The van der Waals surface area contributed by atoms with Gasteiger partial charge in [-0.05, 0) is 5.56 Å². The molecule has 0 aromatic heterocycles. The van der Waals surface area contributed by atoms with Gasteiger partial charge < -0.3 is 9.84 Å². The number of hydrogen-bond acceptors (Lipinski definition) is 2. The summed E-state index contributed by atoms with van der Waals surface area (Å²) in [6.07, 6.45) is -1.10. The van der Waals surface area contributed by atoms with Crippen LogP contribution in [0.3, 0.4) is 0 Å². The van der Waals surface area contributed by atoms with E-state index in [-0.39, 0.29) is 12.2 Å². The van der Waals surface area contributed by atoms with Crippen molar-refractivity contribution >= 4 is 5.97 Å². The Hall–Kier alpha value is -2.43. The van der Waals surface area contributed by atoms with Crippen molar-refractivity contribution in [3.8, 4) is 5.75 Å². The van der Waals surface area contributed by atoms with Gasteiger partial charge in [-0.15, -0.1) is 0 Å². The Morgan fingerprint density at radius 2 is 1.70 bits per heavy atom. The molecule has 0 radical (unpaired) electrons. The smallest absolute Gasteiger partial charge is 0.345 e. The van der Waals surface area contributed by atoms with E-state index in [1.807, 2.05) is 6.07 Å². The molecule has 0 aliphatic heterocycles. The van der Waals surface area contributed by atoms with Crippen LogP contribution in [0.15, 0.2) is 48.5 Å². The summed E-state index contributed by atoms with van der Waals surface area (Å²) in [4.78, 5) is 11.2. The molecule has 0 aliphatic carbocycles. The SMILES string of the molecule is O=C(O)[C@@H](Cc1ccccc1)Oc1cc(F)cc(F)c1. The zero-order valence-corrected chi connectivity index (χ0v) is 10.4. The van der Waals surface area contributed by atoms with Crippen LogP contribution in [-0.2, 0) is 11.2 Å². The fourth-order valence-electron chi connectivity index (χ4n) is 1.77. The van der Waals surface area contributed by atoms with E-state index in [9.17, 15) is 13.6 Å². The lowest BCUT2D eigenvalue weighted by molar-refractivity contribution is -0.145. The van der Waals surface area contributed by atoms with Gasteiger partial charge in [0, 0.05) is 24.6 Å². The summed E-state index contributed by atoms with van der Waals surface area (Å²) in [5.74, 6) is -2.97. The molecule has 1 atom stereocenters. The molecule has 0 unspecified atom stereocenters. The molecule has 2 aromatic carbocycles. The first-order chi connectivity index (χ1) is 9.54. The van der Waals surface area contributed by atoms with Gasteiger partial charge in [0.2, 0.25) is 0 Å². The summed E-state index contributed by atoms with van der Waals surface area (Å²) in [6.45, 7) is 0. The standard InChI is InChI=1S/C15H12F2O3/c16-11-7-12(17)9-13(8-11)20-14(15(18)19)6-10-4-2-1-3-5-10/h1-5,7-9,14H,6H2,(H,18,19)/t14-/m1/s1. The zero-order chi connectivity index (χ0) is 14.5. The Morgan fingerprint density at radius 1 is 1.10 bits per heavy atom.